The maximum Gasteiger partial charge on any atom is 0.222 e. The average Bonchev–Trinajstić information content (AvgIpc) is 2.53. The average molecular weight is 265 g/mol. The number of benzene rings is 2. The van der Waals surface area contributed by atoms with Crippen molar-refractivity contribution in [2.75, 3.05) is 12.4 Å². The second-order valence-electron chi connectivity index (χ2n) is 4.47. The predicted molar refractivity (Wildman–Crippen MR) is 79.9 cm³/mol. The van der Waals surface area contributed by atoms with Crippen molar-refractivity contribution in [3.8, 4) is 5.75 Å². The molecule has 0 amide bonds. The molecule has 20 heavy (non-hydrogen) atoms. The van der Waals surface area contributed by atoms with Gasteiger partial charge in [-0.2, -0.15) is 0 Å². The Bertz CT molecular complexity index is 713. The summed E-state index contributed by atoms with van der Waals surface area (Å²) in [6, 6.07) is 14.2. The van der Waals surface area contributed by atoms with Crippen LogP contribution in [0.5, 0.6) is 5.75 Å². The lowest BCUT2D eigenvalue weighted by atomic mass is 10.1. The zero-order valence-corrected chi connectivity index (χ0v) is 11.2. The maximum atomic E-state index is 5.23. The van der Waals surface area contributed by atoms with Crippen LogP contribution >= 0.6 is 0 Å². The van der Waals surface area contributed by atoms with Crippen LogP contribution in [0.25, 0.3) is 10.8 Å². The first kappa shape index (κ1) is 12.4. The van der Waals surface area contributed by atoms with Crippen molar-refractivity contribution in [3.63, 3.8) is 0 Å². The van der Waals surface area contributed by atoms with Gasteiger partial charge in [0.1, 0.15) is 5.75 Å². The number of methoxy groups -OCH3 is 1. The molecular weight excluding hydrogens is 250 g/mol. The topological polar surface area (TPSA) is 47.0 Å². The molecule has 0 aliphatic rings. The minimum atomic E-state index is 0.641. The first-order valence-electron chi connectivity index (χ1n) is 6.43. The lowest BCUT2D eigenvalue weighted by Gasteiger charge is -2.07. The van der Waals surface area contributed by atoms with Crippen molar-refractivity contribution >= 4 is 16.7 Å². The van der Waals surface area contributed by atoms with Crippen LogP contribution in [0.2, 0.25) is 0 Å². The van der Waals surface area contributed by atoms with Crippen molar-refractivity contribution in [3.05, 3.63) is 60.4 Å². The Balaban J connectivity index is 1.79. The van der Waals surface area contributed by atoms with Crippen molar-refractivity contribution < 1.29 is 4.74 Å². The molecule has 3 aromatic rings. The standard InChI is InChI=1S/C16H15N3O/c1-20-15-6-5-13-9-12(3-4-14(13)10-15)11-19-16-17-7-2-8-18-16/h2-10H,11H2,1H3,(H,17,18,19). The van der Waals surface area contributed by atoms with Gasteiger partial charge < -0.3 is 10.1 Å². The van der Waals surface area contributed by atoms with Gasteiger partial charge in [0, 0.05) is 18.9 Å². The lowest BCUT2D eigenvalue weighted by Crippen LogP contribution is -2.02. The molecule has 0 atom stereocenters. The quantitative estimate of drug-likeness (QED) is 0.786. The van der Waals surface area contributed by atoms with Gasteiger partial charge in [0.05, 0.1) is 7.11 Å². The maximum absolute atomic E-state index is 5.23. The number of ether oxygens (including phenoxy) is 1. The van der Waals surface area contributed by atoms with Crippen molar-refractivity contribution in [2.24, 2.45) is 0 Å². The molecule has 0 saturated carbocycles. The Hall–Kier alpha value is -2.62. The van der Waals surface area contributed by atoms with Gasteiger partial charge in [-0.05, 0) is 40.6 Å². The van der Waals surface area contributed by atoms with Crippen molar-refractivity contribution in [1.82, 2.24) is 9.97 Å². The number of aromatic nitrogens is 2. The Morgan fingerprint density at radius 3 is 2.55 bits per heavy atom. The summed E-state index contributed by atoms with van der Waals surface area (Å²) in [7, 11) is 1.68. The molecule has 1 heterocycles. The molecule has 0 bridgehead atoms. The third-order valence-electron chi connectivity index (χ3n) is 3.13. The largest absolute Gasteiger partial charge is 0.497 e. The van der Waals surface area contributed by atoms with Crippen LogP contribution in [-0.4, -0.2) is 17.1 Å². The van der Waals surface area contributed by atoms with E-state index in [1.54, 1.807) is 25.6 Å². The highest BCUT2D eigenvalue weighted by Gasteiger charge is 2.00. The van der Waals surface area contributed by atoms with Gasteiger partial charge in [-0.25, -0.2) is 9.97 Å². The second kappa shape index (κ2) is 5.57. The van der Waals surface area contributed by atoms with E-state index in [2.05, 4.69) is 39.6 Å². The Morgan fingerprint density at radius 1 is 1.00 bits per heavy atom. The van der Waals surface area contributed by atoms with E-state index in [4.69, 9.17) is 4.74 Å². The smallest absolute Gasteiger partial charge is 0.222 e. The van der Waals surface area contributed by atoms with Gasteiger partial charge >= 0.3 is 0 Å². The Kier molecular flexibility index (Phi) is 3.46. The fourth-order valence-corrected chi connectivity index (χ4v) is 2.08. The fraction of sp³-hybridized carbons (Fsp3) is 0.125. The number of rotatable bonds is 4. The number of hydrogen-bond acceptors (Lipinski definition) is 4. The minimum Gasteiger partial charge on any atom is -0.497 e. The third-order valence-corrected chi connectivity index (χ3v) is 3.13. The molecule has 0 aliphatic carbocycles. The van der Waals surface area contributed by atoms with E-state index < -0.39 is 0 Å². The lowest BCUT2D eigenvalue weighted by molar-refractivity contribution is 0.415. The second-order valence-corrected chi connectivity index (χ2v) is 4.47. The highest BCUT2D eigenvalue weighted by molar-refractivity contribution is 5.84. The van der Waals surface area contributed by atoms with Gasteiger partial charge in [-0.15, -0.1) is 0 Å². The first-order valence-corrected chi connectivity index (χ1v) is 6.43. The van der Waals surface area contributed by atoms with Gasteiger partial charge in [-0.3, -0.25) is 0 Å². The Labute approximate surface area is 117 Å². The number of fused-ring (bicyclic) bond motifs is 1. The molecule has 0 spiro atoms. The van der Waals surface area contributed by atoms with Gasteiger partial charge in [-0.1, -0.05) is 18.2 Å². The minimum absolute atomic E-state index is 0.641. The summed E-state index contributed by atoms with van der Waals surface area (Å²) in [5.41, 5.74) is 1.19. The van der Waals surface area contributed by atoms with Crippen LogP contribution in [0.3, 0.4) is 0 Å². The highest BCUT2D eigenvalue weighted by atomic mass is 16.5. The monoisotopic (exact) mass is 265 g/mol. The summed E-state index contributed by atoms with van der Waals surface area (Å²) in [5.74, 6) is 1.52. The molecule has 100 valence electrons. The molecule has 0 unspecified atom stereocenters. The third kappa shape index (κ3) is 2.69. The molecule has 2 aromatic carbocycles. The molecule has 4 nitrogen and oxygen atoms in total. The molecule has 1 N–H and O–H groups in total. The van der Waals surface area contributed by atoms with E-state index in [0.29, 0.717) is 12.5 Å². The summed E-state index contributed by atoms with van der Waals surface area (Å²) in [4.78, 5) is 8.28. The number of nitrogens with one attached hydrogen (secondary N) is 1. The van der Waals surface area contributed by atoms with Gasteiger partial charge in [0.15, 0.2) is 0 Å². The number of hydrogen-bond donors (Lipinski definition) is 1. The van der Waals surface area contributed by atoms with Crippen LogP contribution in [0.15, 0.2) is 54.9 Å². The molecular formula is C16H15N3O. The Morgan fingerprint density at radius 2 is 1.75 bits per heavy atom. The van der Waals surface area contributed by atoms with E-state index in [1.165, 1.54) is 16.3 Å². The molecule has 0 radical (unpaired) electrons. The number of anilines is 1. The van der Waals surface area contributed by atoms with Crippen molar-refractivity contribution in [1.29, 1.82) is 0 Å². The summed E-state index contributed by atoms with van der Waals surface area (Å²) >= 11 is 0. The van der Waals surface area contributed by atoms with Crippen LogP contribution < -0.4 is 10.1 Å². The van der Waals surface area contributed by atoms with Gasteiger partial charge in [0.2, 0.25) is 5.95 Å². The van der Waals surface area contributed by atoms with E-state index >= 15 is 0 Å². The zero-order valence-electron chi connectivity index (χ0n) is 11.2. The SMILES string of the molecule is COc1ccc2cc(CNc3ncccn3)ccc2c1. The normalized spacial score (nSPS) is 10.4. The van der Waals surface area contributed by atoms with E-state index in [0.717, 1.165) is 5.75 Å². The molecule has 0 fully saturated rings. The van der Waals surface area contributed by atoms with Crippen molar-refractivity contribution in [2.45, 2.75) is 6.54 Å². The summed E-state index contributed by atoms with van der Waals surface area (Å²) in [5, 5.41) is 5.57. The van der Waals surface area contributed by atoms with Crippen LogP contribution in [0.4, 0.5) is 5.95 Å². The zero-order chi connectivity index (χ0) is 13.8. The molecule has 1 aromatic heterocycles. The van der Waals surface area contributed by atoms with Crippen LogP contribution in [-0.2, 0) is 6.54 Å². The van der Waals surface area contributed by atoms with E-state index in [1.807, 2.05) is 12.1 Å². The summed E-state index contributed by atoms with van der Waals surface area (Å²) in [6.45, 7) is 0.700. The summed E-state index contributed by atoms with van der Waals surface area (Å²) in [6.07, 6.45) is 3.45. The summed E-state index contributed by atoms with van der Waals surface area (Å²) < 4.78 is 5.23. The first-order chi connectivity index (χ1) is 9.85. The predicted octanol–water partition coefficient (Wildman–Crippen LogP) is 3.25. The molecule has 4 heteroatoms. The number of nitrogens with zero attached hydrogens (tertiary/aromatic N) is 2. The van der Waals surface area contributed by atoms with Crippen LogP contribution in [0.1, 0.15) is 5.56 Å². The fourth-order valence-electron chi connectivity index (χ4n) is 2.08. The molecule has 3 rings (SSSR count). The molecule has 0 aliphatic heterocycles. The molecule has 0 saturated heterocycles. The van der Waals surface area contributed by atoms with E-state index in [9.17, 15) is 0 Å². The van der Waals surface area contributed by atoms with Gasteiger partial charge in [0.25, 0.3) is 0 Å². The highest BCUT2D eigenvalue weighted by Crippen LogP contribution is 2.22. The van der Waals surface area contributed by atoms with E-state index in [-0.39, 0.29) is 0 Å². The van der Waals surface area contributed by atoms with Crippen LogP contribution in [0, 0.1) is 0 Å².